The maximum atomic E-state index is 12.0. The average molecular weight is 331 g/mol. The fourth-order valence-corrected chi connectivity index (χ4v) is 3.46. The molecule has 0 bridgehead atoms. The third-order valence-corrected chi connectivity index (χ3v) is 4.86. The Labute approximate surface area is 140 Å². The number of imide groups is 1. The van der Waals surface area contributed by atoms with Crippen LogP contribution >= 0.6 is 0 Å². The number of piperidine rings is 2. The molecule has 7 nitrogen and oxygen atoms in total. The van der Waals surface area contributed by atoms with Crippen molar-refractivity contribution in [3.05, 3.63) is 23.4 Å². The number of carboxylic acid groups (broad SMARTS) is 1. The normalized spacial score (nSPS) is 22.4. The van der Waals surface area contributed by atoms with Crippen LogP contribution in [0.1, 0.15) is 42.7 Å². The van der Waals surface area contributed by atoms with Crippen molar-refractivity contribution in [2.24, 2.45) is 5.92 Å². The SMILES string of the molecule is Cc1cc([C@@H]2CCC(=O)NC2=O)cnc1N1CCC(C(=O)O)CC1. The summed E-state index contributed by atoms with van der Waals surface area (Å²) in [5.74, 6) is -0.978. The smallest absolute Gasteiger partial charge is 0.306 e. The third kappa shape index (κ3) is 3.25. The number of carboxylic acids is 1. The molecule has 7 heteroatoms. The molecule has 2 N–H and O–H groups in total. The van der Waals surface area contributed by atoms with Crippen molar-refractivity contribution in [2.75, 3.05) is 18.0 Å². The summed E-state index contributed by atoms with van der Waals surface area (Å²) in [6.07, 6.45) is 3.79. The molecule has 1 aromatic heterocycles. The van der Waals surface area contributed by atoms with Crippen molar-refractivity contribution in [3.8, 4) is 0 Å². The number of nitrogens with zero attached hydrogens (tertiary/aromatic N) is 2. The minimum Gasteiger partial charge on any atom is -0.481 e. The van der Waals surface area contributed by atoms with Crippen molar-refractivity contribution in [1.82, 2.24) is 10.3 Å². The first kappa shape index (κ1) is 16.4. The van der Waals surface area contributed by atoms with Gasteiger partial charge in [0, 0.05) is 25.7 Å². The first-order valence-corrected chi connectivity index (χ1v) is 8.23. The molecular weight excluding hydrogens is 310 g/mol. The minimum atomic E-state index is -0.729. The lowest BCUT2D eigenvalue weighted by molar-refractivity contribution is -0.142. The fraction of sp³-hybridized carbons (Fsp3) is 0.529. The number of nitrogens with one attached hydrogen (secondary N) is 1. The van der Waals surface area contributed by atoms with Gasteiger partial charge in [0.2, 0.25) is 11.8 Å². The molecule has 0 unspecified atom stereocenters. The standard InChI is InChI=1S/C17H21N3O4/c1-10-8-12(13-2-3-14(21)19-16(13)22)9-18-15(10)20-6-4-11(5-7-20)17(23)24/h8-9,11,13H,2-7H2,1H3,(H,23,24)(H,19,21,22)/t13-/m0/s1. The van der Waals surface area contributed by atoms with Gasteiger partial charge < -0.3 is 10.0 Å². The quantitative estimate of drug-likeness (QED) is 0.808. The zero-order valence-corrected chi connectivity index (χ0v) is 13.6. The maximum Gasteiger partial charge on any atom is 0.306 e. The summed E-state index contributed by atoms with van der Waals surface area (Å²) in [6, 6.07) is 1.95. The van der Waals surface area contributed by atoms with Crippen LogP contribution in [0.4, 0.5) is 5.82 Å². The van der Waals surface area contributed by atoms with E-state index in [1.54, 1.807) is 6.20 Å². The molecule has 128 valence electrons. The number of hydrogen-bond acceptors (Lipinski definition) is 5. The van der Waals surface area contributed by atoms with Gasteiger partial charge in [-0.1, -0.05) is 6.07 Å². The zero-order valence-electron chi connectivity index (χ0n) is 13.6. The molecule has 2 amide bonds. The molecule has 0 aliphatic carbocycles. The van der Waals surface area contributed by atoms with E-state index in [1.807, 2.05) is 13.0 Å². The van der Waals surface area contributed by atoms with Crippen LogP contribution in [-0.2, 0) is 14.4 Å². The molecule has 2 aliphatic rings. The topological polar surface area (TPSA) is 99.6 Å². The van der Waals surface area contributed by atoms with Gasteiger partial charge in [-0.2, -0.15) is 0 Å². The first-order valence-electron chi connectivity index (χ1n) is 8.23. The van der Waals surface area contributed by atoms with Crippen molar-refractivity contribution >= 4 is 23.6 Å². The van der Waals surface area contributed by atoms with E-state index in [4.69, 9.17) is 5.11 Å². The summed E-state index contributed by atoms with van der Waals surface area (Å²) in [6.45, 7) is 3.28. The second-order valence-corrected chi connectivity index (χ2v) is 6.51. The number of amides is 2. The second kappa shape index (κ2) is 6.59. The Hall–Kier alpha value is -2.44. The Kier molecular flexibility index (Phi) is 4.51. The number of anilines is 1. The number of aromatic nitrogens is 1. The Morgan fingerprint density at radius 1 is 1.29 bits per heavy atom. The number of pyridine rings is 1. The molecule has 2 aliphatic heterocycles. The van der Waals surface area contributed by atoms with Crippen LogP contribution in [0, 0.1) is 12.8 Å². The van der Waals surface area contributed by atoms with Crippen LogP contribution in [-0.4, -0.2) is 41.0 Å². The number of carbonyl (C=O) groups excluding carboxylic acids is 2. The lowest BCUT2D eigenvalue weighted by Crippen LogP contribution is -2.39. The van der Waals surface area contributed by atoms with Gasteiger partial charge in [-0.25, -0.2) is 4.98 Å². The number of hydrogen-bond donors (Lipinski definition) is 2. The van der Waals surface area contributed by atoms with E-state index < -0.39 is 5.97 Å². The predicted molar refractivity (Wildman–Crippen MR) is 86.7 cm³/mol. The van der Waals surface area contributed by atoms with Gasteiger partial charge in [0.05, 0.1) is 11.8 Å². The lowest BCUT2D eigenvalue weighted by Gasteiger charge is -2.32. The van der Waals surface area contributed by atoms with Crippen LogP contribution < -0.4 is 10.2 Å². The Bertz CT molecular complexity index is 680. The van der Waals surface area contributed by atoms with Crippen LogP contribution in [0.2, 0.25) is 0 Å². The van der Waals surface area contributed by atoms with E-state index in [0.29, 0.717) is 38.8 Å². The van der Waals surface area contributed by atoms with Gasteiger partial charge in [0.15, 0.2) is 0 Å². The molecule has 0 spiro atoms. The molecule has 0 aromatic carbocycles. The van der Waals surface area contributed by atoms with Crippen LogP contribution in [0.3, 0.4) is 0 Å². The van der Waals surface area contributed by atoms with Crippen LogP contribution in [0.25, 0.3) is 0 Å². The van der Waals surface area contributed by atoms with Gasteiger partial charge >= 0.3 is 5.97 Å². The summed E-state index contributed by atoms with van der Waals surface area (Å²) in [7, 11) is 0. The third-order valence-electron chi connectivity index (χ3n) is 4.86. The van der Waals surface area contributed by atoms with Crippen molar-refractivity contribution in [3.63, 3.8) is 0 Å². The second-order valence-electron chi connectivity index (χ2n) is 6.51. The van der Waals surface area contributed by atoms with Crippen molar-refractivity contribution < 1.29 is 19.5 Å². The summed E-state index contributed by atoms with van der Waals surface area (Å²) in [5, 5.41) is 11.4. The number of rotatable bonds is 3. The molecule has 1 atom stereocenters. The van der Waals surface area contributed by atoms with Crippen molar-refractivity contribution in [1.29, 1.82) is 0 Å². The summed E-state index contributed by atoms with van der Waals surface area (Å²) in [4.78, 5) is 40.9. The van der Waals surface area contributed by atoms with E-state index in [-0.39, 0.29) is 23.7 Å². The Morgan fingerprint density at radius 3 is 2.58 bits per heavy atom. The highest BCUT2D eigenvalue weighted by atomic mass is 16.4. The molecule has 2 saturated heterocycles. The zero-order chi connectivity index (χ0) is 17.3. The molecule has 2 fully saturated rings. The van der Waals surface area contributed by atoms with Crippen molar-refractivity contribution in [2.45, 2.75) is 38.5 Å². The molecule has 1 aromatic rings. The molecule has 0 saturated carbocycles. The Balaban J connectivity index is 1.73. The van der Waals surface area contributed by atoms with E-state index in [2.05, 4.69) is 15.2 Å². The Morgan fingerprint density at radius 2 is 2.00 bits per heavy atom. The van der Waals surface area contributed by atoms with Gasteiger partial charge in [0.25, 0.3) is 0 Å². The number of aliphatic carboxylic acids is 1. The summed E-state index contributed by atoms with van der Waals surface area (Å²) < 4.78 is 0. The van der Waals surface area contributed by atoms with Gasteiger partial charge in [0.1, 0.15) is 5.82 Å². The van der Waals surface area contributed by atoms with E-state index in [1.165, 1.54) is 0 Å². The van der Waals surface area contributed by atoms with Crippen LogP contribution in [0.15, 0.2) is 12.3 Å². The number of carbonyl (C=O) groups is 3. The minimum absolute atomic E-state index is 0.223. The molecule has 3 heterocycles. The molecule has 3 rings (SSSR count). The highest BCUT2D eigenvalue weighted by Gasteiger charge is 2.29. The predicted octanol–water partition coefficient (Wildman–Crippen LogP) is 1.21. The lowest BCUT2D eigenvalue weighted by atomic mass is 9.90. The number of aryl methyl sites for hydroxylation is 1. The van der Waals surface area contributed by atoms with Crippen LogP contribution in [0.5, 0.6) is 0 Å². The van der Waals surface area contributed by atoms with E-state index >= 15 is 0 Å². The van der Waals surface area contributed by atoms with E-state index in [0.717, 1.165) is 16.9 Å². The largest absolute Gasteiger partial charge is 0.481 e. The molecule has 0 radical (unpaired) electrons. The highest BCUT2D eigenvalue weighted by Crippen LogP contribution is 2.29. The first-order chi connectivity index (χ1) is 11.5. The van der Waals surface area contributed by atoms with E-state index in [9.17, 15) is 14.4 Å². The van der Waals surface area contributed by atoms with Gasteiger partial charge in [-0.3, -0.25) is 19.7 Å². The maximum absolute atomic E-state index is 12.0. The average Bonchev–Trinajstić information content (AvgIpc) is 2.55. The summed E-state index contributed by atoms with van der Waals surface area (Å²) >= 11 is 0. The monoisotopic (exact) mass is 331 g/mol. The highest BCUT2D eigenvalue weighted by molar-refractivity contribution is 6.00. The summed E-state index contributed by atoms with van der Waals surface area (Å²) in [5.41, 5.74) is 1.78. The molecule has 24 heavy (non-hydrogen) atoms. The van der Waals surface area contributed by atoms with Gasteiger partial charge in [-0.15, -0.1) is 0 Å². The fourth-order valence-electron chi connectivity index (χ4n) is 3.46. The van der Waals surface area contributed by atoms with Gasteiger partial charge in [-0.05, 0) is 37.3 Å². The molecular formula is C17H21N3O4.